The van der Waals surface area contributed by atoms with Crippen molar-refractivity contribution in [3.8, 4) is 0 Å². The zero-order chi connectivity index (χ0) is 11.3. The van der Waals surface area contributed by atoms with Crippen LogP contribution in [0, 0.1) is 0 Å². The van der Waals surface area contributed by atoms with Gasteiger partial charge in [0.25, 0.3) is 0 Å². The van der Waals surface area contributed by atoms with E-state index in [1.165, 1.54) is 0 Å². The van der Waals surface area contributed by atoms with Crippen molar-refractivity contribution in [1.29, 1.82) is 0 Å². The van der Waals surface area contributed by atoms with E-state index in [4.69, 9.17) is 10.5 Å². The molecule has 0 fully saturated rings. The fourth-order valence-electron chi connectivity index (χ4n) is 1.33. The smallest absolute Gasteiger partial charge is 0.307 e. The fraction of sp³-hybridized carbons (Fsp3) is 0.417. The molecule has 3 heteroatoms. The van der Waals surface area contributed by atoms with Crippen molar-refractivity contribution in [2.75, 3.05) is 0 Å². The van der Waals surface area contributed by atoms with E-state index in [2.05, 4.69) is 0 Å². The molecular weight excluding hydrogens is 190 g/mol. The largest absolute Gasteiger partial charge is 0.440 e. The van der Waals surface area contributed by atoms with E-state index in [-0.39, 0.29) is 5.97 Å². The second-order valence-corrected chi connectivity index (χ2v) is 3.44. The Morgan fingerprint density at radius 2 is 1.93 bits per heavy atom. The molecule has 0 spiro atoms. The summed E-state index contributed by atoms with van der Waals surface area (Å²) in [5, 5.41) is 0. The first-order valence-corrected chi connectivity index (χ1v) is 5.18. The van der Waals surface area contributed by atoms with Gasteiger partial charge >= 0.3 is 5.97 Å². The van der Waals surface area contributed by atoms with Crippen molar-refractivity contribution in [1.82, 2.24) is 0 Å². The molecule has 1 rings (SSSR count). The molecule has 82 valence electrons. The van der Waals surface area contributed by atoms with Gasteiger partial charge in [0, 0.05) is 18.4 Å². The van der Waals surface area contributed by atoms with Gasteiger partial charge in [0.05, 0.1) is 0 Å². The molecule has 0 heterocycles. The number of nitrogens with two attached hydrogens (primary N) is 1. The zero-order valence-electron chi connectivity index (χ0n) is 9.19. The molecule has 0 aromatic heterocycles. The van der Waals surface area contributed by atoms with Crippen LogP contribution in [-0.4, -0.2) is 5.97 Å². The predicted octanol–water partition coefficient (Wildman–Crippen LogP) is 2.16. The van der Waals surface area contributed by atoms with E-state index in [0.29, 0.717) is 12.8 Å². The molecule has 15 heavy (non-hydrogen) atoms. The lowest BCUT2D eigenvalue weighted by Crippen LogP contribution is -2.40. The summed E-state index contributed by atoms with van der Waals surface area (Å²) in [7, 11) is 0. The summed E-state index contributed by atoms with van der Waals surface area (Å²) in [4.78, 5) is 11.3. The maximum Gasteiger partial charge on any atom is 0.307 e. The average molecular weight is 207 g/mol. The Labute approximate surface area is 90.2 Å². The Morgan fingerprint density at radius 1 is 1.33 bits per heavy atom. The third-order valence-electron chi connectivity index (χ3n) is 2.37. The van der Waals surface area contributed by atoms with Gasteiger partial charge in [-0.2, -0.15) is 0 Å². The Balaban J connectivity index is 2.90. The molecule has 0 saturated heterocycles. The second-order valence-electron chi connectivity index (χ2n) is 3.44. The van der Waals surface area contributed by atoms with Crippen molar-refractivity contribution < 1.29 is 9.53 Å². The van der Waals surface area contributed by atoms with Crippen molar-refractivity contribution in [3.05, 3.63) is 35.9 Å². The van der Waals surface area contributed by atoms with Crippen molar-refractivity contribution >= 4 is 5.97 Å². The van der Waals surface area contributed by atoms with E-state index < -0.39 is 5.72 Å². The van der Waals surface area contributed by atoms with E-state index in [9.17, 15) is 4.79 Å². The number of hydrogen-bond donors (Lipinski definition) is 1. The van der Waals surface area contributed by atoms with Crippen molar-refractivity contribution in [2.45, 2.75) is 32.4 Å². The first-order chi connectivity index (χ1) is 7.12. The Hall–Kier alpha value is -1.35. The number of carbonyl (C=O) groups excluding carboxylic acids is 1. The highest BCUT2D eigenvalue weighted by Crippen LogP contribution is 2.23. The highest BCUT2D eigenvalue weighted by Gasteiger charge is 2.28. The Kier molecular flexibility index (Phi) is 3.86. The van der Waals surface area contributed by atoms with Gasteiger partial charge in [0.15, 0.2) is 5.72 Å². The molecule has 0 aliphatic carbocycles. The molecule has 1 aromatic rings. The van der Waals surface area contributed by atoms with E-state index >= 15 is 0 Å². The number of ether oxygens (including phenoxy) is 1. The van der Waals surface area contributed by atoms with Gasteiger partial charge in [0.2, 0.25) is 0 Å². The quantitative estimate of drug-likeness (QED) is 0.608. The minimum absolute atomic E-state index is 0.275. The van der Waals surface area contributed by atoms with Crippen LogP contribution in [0.2, 0.25) is 0 Å². The van der Waals surface area contributed by atoms with Crippen LogP contribution < -0.4 is 5.73 Å². The molecule has 2 N–H and O–H groups in total. The molecule has 1 aromatic carbocycles. The molecule has 0 aliphatic rings. The number of hydrogen-bond acceptors (Lipinski definition) is 3. The highest BCUT2D eigenvalue weighted by atomic mass is 16.6. The van der Waals surface area contributed by atoms with Crippen LogP contribution in [0.5, 0.6) is 0 Å². The van der Waals surface area contributed by atoms with Gasteiger partial charge in [-0.1, -0.05) is 44.2 Å². The summed E-state index contributed by atoms with van der Waals surface area (Å²) < 4.78 is 5.26. The van der Waals surface area contributed by atoms with E-state index in [0.717, 1.165) is 5.56 Å². The monoisotopic (exact) mass is 207 g/mol. The second kappa shape index (κ2) is 4.94. The topological polar surface area (TPSA) is 52.3 Å². The van der Waals surface area contributed by atoms with Crippen LogP contribution in [0.25, 0.3) is 0 Å². The van der Waals surface area contributed by atoms with E-state index in [1.807, 2.05) is 37.3 Å². The third kappa shape index (κ3) is 2.80. The minimum atomic E-state index is -0.992. The fourth-order valence-corrected chi connectivity index (χ4v) is 1.33. The third-order valence-corrected chi connectivity index (χ3v) is 2.37. The predicted molar refractivity (Wildman–Crippen MR) is 59.0 cm³/mol. The molecule has 0 saturated carbocycles. The lowest BCUT2D eigenvalue weighted by Gasteiger charge is -2.28. The molecule has 0 amide bonds. The molecule has 3 nitrogen and oxygen atoms in total. The molecule has 0 aliphatic heterocycles. The number of esters is 1. The first kappa shape index (κ1) is 11.7. The van der Waals surface area contributed by atoms with E-state index in [1.54, 1.807) is 6.92 Å². The maximum atomic E-state index is 11.3. The highest BCUT2D eigenvalue weighted by molar-refractivity contribution is 5.69. The maximum absolute atomic E-state index is 11.3. The molecule has 1 atom stereocenters. The number of benzene rings is 1. The minimum Gasteiger partial charge on any atom is -0.440 e. The molecular formula is C12H17NO2. The molecule has 0 bridgehead atoms. The summed E-state index contributed by atoms with van der Waals surface area (Å²) in [6.07, 6.45) is 0.897. The number of rotatable bonds is 4. The molecule has 0 radical (unpaired) electrons. The normalized spacial score (nSPS) is 14.3. The summed E-state index contributed by atoms with van der Waals surface area (Å²) in [6, 6.07) is 9.40. The lowest BCUT2D eigenvalue weighted by molar-refractivity contribution is -0.160. The van der Waals surface area contributed by atoms with Crippen LogP contribution in [0.15, 0.2) is 30.3 Å². The van der Waals surface area contributed by atoms with Crippen LogP contribution in [0.1, 0.15) is 32.3 Å². The summed E-state index contributed by atoms with van der Waals surface area (Å²) >= 11 is 0. The van der Waals surface area contributed by atoms with Crippen molar-refractivity contribution in [3.63, 3.8) is 0 Å². The SMILES string of the molecule is CCC(=O)OC(N)(CC)c1ccccc1. The van der Waals surface area contributed by atoms with Gasteiger partial charge in [-0.05, 0) is 0 Å². The van der Waals surface area contributed by atoms with Crippen LogP contribution in [-0.2, 0) is 15.3 Å². The van der Waals surface area contributed by atoms with Crippen LogP contribution in [0.3, 0.4) is 0 Å². The van der Waals surface area contributed by atoms with Gasteiger partial charge in [0.1, 0.15) is 0 Å². The lowest BCUT2D eigenvalue weighted by atomic mass is 10.0. The van der Waals surface area contributed by atoms with Gasteiger partial charge in [-0.25, -0.2) is 0 Å². The van der Waals surface area contributed by atoms with Gasteiger partial charge < -0.3 is 4.74 Å². The zero-order valence-corrected chi connectivity index (χ0v) is 9.19. The van der Waals surface area contributed by atoms with Crippen LogP contribution >= 0.6 is 0 Å². The van der Waals surface area contributed by atoms with Gasteiger partial charge in [-0.3, -0.25) is 10.5 Å². The van der Waals surface area contributed by atoms with Crippen LogP contribution in [0.4, 0.5) is 0 Å². The average Bonchev–Trinajstić information content (AvgIpc) is 2.30. The summed E-state index contributed by atoms with van der Waals surface area (Å²) in [6.45, 7) is 3.65. The van der Waals surface area contributed by atoms with Crippen molar-refractivity contribution in [2.24, 2.45) is 5.73 Å². The molecule has 1 unspecified atom stereocenters. The first-order valence-electron chi connectivity index (χ1n) is 5.18. The Morgan fingerprint density at radius 3 is 2.40 bits per heavy atom. The standard InChI is InChI=1S/C12H17NO2/c1-3-11(14)15-12(13,4-2)10-8-6-5-7-9-10/h5-9H,3-4,13H2,1-2H3. The summed E-state index contributed by atoms with van der Waals surface area (Å²) in [5.74, 6) is -0.275. The Bertz CT molecular complexity index is 324. The summed E-state index contributed by atoms with van der Waals surface area (Å²) in [5.41, 5.74) is 5.89. The van der Waals surface area contributed by atoms with Gasteiger partial charge in [-0.15, -0.1) is 0 Å². The number of carbonyl (C=O) groups is 1.